The number of nitrogens with one attached hydrogen (secondary N) is 2. The highest BCUT2D eigenvalue weighted by Crippen LogP contribution is 2.30. The summed E-state index contributed by atoms with van der Waals surface area (Å²) in [6, 6.07) is 20.6. The third kappa shape index (κ3) is 5.62. The highest BCUT2D eigenvalue weighted by Gasteiger charge is 2.27. The average Bonchev–Trinajstić information content (AvgIpc) is 2.90. The zero-order valence-electron chi connectivity index (χ0n) is 19.6. The molecule has 9 heteroatoms. The molecule has 2 N–H and O–H groups in total. The Morgan fingerprint density at radius 2 is 1.86 bits per heavy atom. The number of nitriles is 1. The van der Waals surface area contributed by atoms with Crippen molar-refractivity contribution in [3.05, 3.63) is 77.9 Å². The number of hydrogen-bond donors (Lipinski definition) is 2. The lowest BCUT2D eigenvalue weighted by Gasteiger charge is -2.29. The smallest absolute Gasteiger partial charge is 0.258 e. The van der Waals surface area contributed by atoms with Gasteiger partial charge in [-0.25, -0.2) is 0 Å². The Morgan fingerprint density at radius 3 is 2.61 bits per heavy atom. The number of methoxy groups -OCH3 is 1. The van der Waals surface area contributed by atoms with E-state index in [9.17, 15) is 14.4 Å². The van der Waals surface area contributed by atoms with Crippen LogP contribution in [0.4, 0.5) is 17.1 Å². The second-order valence-corrected chi connectivity index (χ2v) is 8.01. The van der Waals surface area contributed by atoms with Gasteiger partial charge in [-0.05, 0) is 55.0 Å². The number of fused-ring (bicyclic) bond motifs is 1. The fourth-order valence-electron chi connectivity index (χ4n) is 3.76. The largest absolute Gasteiger partial charge is 0.493 e. The van der Waals surface area contributed by atoms with Gasteiger partial charge in [0, 0.05) is 23.7 Å². The van der Waals surface area contributed by atoms with E-state index >= 15 is 0 Å². The van der Waals surface area contributed by atoms with E-state index in [0.29, 0.717) is 52.7 Å². The summed E-state index contributed by atoms with van der Waals surface area (Å²) in [5.41, 5.74) is 2.66. The molecule has 0 atom stereocenters. The molecule has 4 rings (SSSR count). The molecule has 3 aromatic rings. The van der Waals surface area contributed by atoms with Gasteiger partial charge in [0.15, 0.2) is 11.5 Å². The van der Waals surface area contributed by atoms with Crippen molar-refractivity contribution in [3.8, 4) is 17.6 Å². The Hall–Kier alpha value is -4.84. The summed E-state index contributed by atoms with van der Waals surface area (Å²) in [4.78, 5) is 38.8. The predicted molar refractivity (Wildman–Crippen MR) is 134 cm³/mol. The van der Waals surface area contributed by atoms with Crippen LogP contribution in [0.15, 0.2) is 66.7 Å². The van der Waals surface area contributed by atoms with Gasteiger partial charge >= 0.3 is 0 Å². The van der Waals surface area contributed by atoms with E-state index in [4.69, 9.17) is 14.7 Å². The normalized spacial score (nSPS) is 12.1. The molecule has 1 heterocycles. The van der Waals surface area contributed by atoms with Crippen molar-refractivity contribution in [1.29, 1.82) is 5.26 Å². The summed E-state index contributed by atoms with van der Waals surface area (Å²) in [7, 11) is 1.50. The van der Waals surface area contributed by atoms with Crippen molar-refractivity contribution in [3.63, 3.8) is 0 Å². The molecule has 0 bridgehead atoms. The number of hydrogen-bond acceptors (Lipinski definition) is 6. The maximum Gasteiger partial charge on any atom is 0.258 e. The molecule has 1 aliphatic heterocycles. The van der Waals surface area contributed by atoms with E-state index < -0.39 is 0 Å². The Labute approximate surface area is 208 Å². The Bertz CT molecular complexity index is 1330. The van der Waals surface area contributed by atoms with Crippen molar-refractivity contribution in [2.24, 2.45) is 0 Å². The molecule has 0 unspecified atom stereocenters. The number of nitrogens with zero attached hydrogens (tertiary/aromatic N) is 2. The summed E-state index contributed by atoms with van der Waals surface area (Å²) in [6.45, 7) is 0.235. The zero-order chi connectivity index (χ0) is 25.5. The number of anilines is 3. The van der Waals surface area contributed by atoms with Gasteiger partial charge in [0.25, 0.3) is 5.91 Å². The van der Waals surface area contributed by atoms with Gasteiger partial charge in [0.2, 0.25) is 11.8 Å². The van der Waals surface area contributed by atoms with Gasteiger partial charge < -0.3 is 20.1 Å². The molecule has 3 aromatic carbocycles. The van der Waals surface area contributed by atoms with Gasteiger partial charge in [-0.3, -0.25) is 19.3 Å². The first-order valence-corrected chi connectivity index (χ1v) is 11.3. The molecule has 3 amide bonds. The summed E-state index contributed by atoms with van der Waals surface area (Å²) in [6.07, 6.45) is 0.709. The van der Waals surface area contributed by atoms with Crippen LogP contribution in [-0.2, 0) is 9.59 Å². The summed E-state index contributed by atoms with van der Waals surface area (Å²) >= 11 is 0. The van der Waals surface area contributed by atoms with Crippen LogP contribution in [0.3, 0.4) is 0 Å². The molecule has 9 nitrogen and oxygen atoms in total. The minimum atomic E-state index is -0.300. The molecule has 1 aliphatic rings. The number of benzene rings is 3. The Balaban J connectivity index is 1.28. The van der Waals surface area contributed by atoms with Gasteiger partial charge in [-0.2, -0.15) is 5.26 Å². The molecule has 0 aliphatic carbocycles. The van der Waals surface area contributed by atoms with Gasteiger partial charge in [-0.15, -0.1) is 0 Å². The molecular weight excluding hydrogens is 460 g/mol. The fourth-order valence-corrected chi connectivity index (χ4v) is 3.76. The highest BCUT2D eigenvalue weighted by molar-refractivity contribution is 6.15. The fraction of sp³-hybridized carbons (Fsp3) is 0.185. The molecule has 0 spiro atoms. The number of carbonyl (C=O) groups is 3. The van der Waals surface area contributed by atoms with Crippen molar-refractivity contribution in [2.45, 2.75) is 12.8 Å². The van der Waals surface area contributed by atoms with E-state index in [0.717, 1.165) is 0 Å². The van der Waals surface area contributed by atoms with Crippen LogP contribution >= 0.6 is 0 Å². The average molecular weight is 485 g/mol. The number of amides is 3. The third-order valence-corrected chi connectivity index (χ3v) is 5.53. The zero-order valence-corrected chi connectivity index (χ0v) is 19.6. The van der Waals surface area contributed by atoms with Gasteiger partial charge in [0.1, 0.15) is 6.54 Å². The summed E-state index contributed by atoms with van der Waals surface area (Å²) in [5, 5.41) is 14.5. The van der Waals surface area contributed by atoms with Crippen LogP contribution in [0.2, 0.25) is 0 Å². The molecule has 0 saturated carbocycles. The topological polar surface area (TPSA) is 121 Å². The maximum atomic E-state index is 13.0. The van der Waals surface area contributed by atoms with Crippen molar-refractivity contribution >= 4 is 34.8 Å². The SMILES string of the molecule is COc1cc(C#N)ccc1OCCCC(=O)Nc1ccc(C(=O)N2CC(=O)Nc3ccccc32)cc1. The van der Waals surface area contributed by atoms with E-state index in [1.165, 1.54) is 12.0 Å². The van der Waals surface area contributed by atoms with Crippen molar-refractivity contribution in [2.75, 3.05) is 35.8 Å². The summed E-state index contributed by atoms with van der Waals surface area (Å²) in [5.74, 6) is 0.219. The third-order valence-electron chi connectivity index (χ3n) is 5.53. The molecule has 0 radical (unpaired) electrons. The van der Waals surface area contributed by atoms with Crippen LogP contribution in [0.25, 0.3) is 0 Å². The second kappa shape index (κ2) is 11.1. The Morgan fingerprint density at radius 1 is 1.08 bits per heavy atom. The first-order valence-electron chi connectivity index (χ1n) is 11.3. The van der Waals surface area contributed by atoms with Gasteiger partial charge in [-0.1, -0.05) is 12.1 Å². The molecule has 182 valence electrons. The van der Waals surface area contributed by atoms with Crippen LogP contribution in [0.1, 0.15) is 28.8 Å². The van der Waals surface area contributed by atoms with E-state index in [1.54, 1.807) is 66.7 Å². The van der Waals surface area contributed by atoms with Crippen LogP contribution < -0.4 is 25.0 Å². The van der Waals surface area contributed by atoms with E-state index in [1.807, 2.05) is 6.07 Å². The van der Waals surface area contributed by atoms with E-state index in [2.05, 4.69) is 10.6 Å². The molecule has 0 aromatic heterocycles. The highest BCUT2D eigenvalue weighted by atomic mass is 16.5. The lowest BCUT2D eigenvalue weighted by Crippen LogP contribution is -2.42. The van der Waals surface area contributed by atoms with Crippen LogP contribution in [0.5, 0.6) is 11.5 Å². The number of carbonyl (C=O) groups excluding carboxylic acids is 3. The lowest BCUT2D eigenvalue weighted by atomic mass is 10.1. The first kappa shape index (κ1) is 24.3. The lowest BCUT2D eigenvalue weighted by molar-refractivity contribution is -0.116. The predicted octanol–water partition coefficient (Wildman–Crippen LogP) is 3.96. The van der Waals surface area contributed by atoms with Crippen LogP contribution in [-0.4, -0.2) is 38.0 Å². The minimum absolute atomic E-state index is 0.0647. The number of para-hydroxylation sites is 2. The quantitative estimate of drug-likeness (QED) is 0.467. The van der Waals surface area contributed by atoms with Crippen LogP contribution in [0, 0.1) is 11.3 Å². The van der Waals surface area contributed by atoms with Crippen molar-refractivity contribution < 1.29 is 23.9 Å². The number of ether oxygens (including phenoxy) is 2. The molecule has 0 fully saturated rings. The summed E-state index contributed by atoms with van der Waals surface area (Å²) < 4.78 is 10.9. The molecule has 36 heavy (non-hydrogen) atoms. The second-order valence-electron chi connectivity index (χ2n) is 8.01. The molecular formula is C27H24N4O5. The molecule has 0 saturated heterocycles. The maximum absolute atomic E-state index is 13.0. The monoisotopic (exact) mass is 484 g/mol. The first-order chi connectivity index (χ1) is 17.5. The van der Waals surface area contributed by atoms with E-state index in [-0.39, 0.29) is 30.7 Å². The Kier molecular flexibility index (Phi) is 7.46. The van der Waals surface area contributed by atoms with Crippen molar-refractivity contribution in [1.82, 2.24) is 0 Å². The minimum Gasteiger partial charge on any atom is -0.493 e. The number of rotatable bonds is 8. The standard InChI is InChI=1S/C27H24N4O5/c1-35-24-15-18(16-28)8-13-23(24)36-14-4-7-25(32)29-20-11-9-19(10-12-20)27(34)31-17-26(33)30-21-5-2-3-6-22(21)31/h2-3,5-6,8-13,15H,4,7,14,17H2,1H3,(H,29,32)(H,30,33). The van der Waals surface area contributed by atoms with Gasteiger partial charge in [0.05, 0.1) is 36.7 Å².